The molecule has 0 aliphatic carbocycles. The minimum atomic E-state index is -0.746. The van der Waals surface area contributed by atoms with Crippen molar-refractivity contribution in [3.63, 3.8) is 0 Å². The molecule has 1 aromatic rings. The van der Waals surface area contributed by atoms with Gasteiger partial charge in [-0.15, -0.1) is 5.06 Å². The number of nitrogens with zero attached hydrogens (tertiary/aromatic N) is 1. The van der Waals surface area contributed by atoms with E-state index in [0.29, 0.717) is 10.8 Å². The summed E-state index contributed by atoms with van der Waals surface area (Å²) in [5, 5.41) is 0.527. The first-order valence-corrected chi connectivity index (χ1v) is 6.52. The van der Waals surface area contributed by atoms with E-state index in [2.05, 4.69) is 0 Å². The molecule has 0 atom stereocenters. The molecule has 2 amide bonds. The number of rotatable bonds is 3. The average molecular weight is 375 g/mol. The zero-order chi connectivity index (χ0) is 14.0. The molecule has 0 radical (unpaired) electrons. The van der Waals surface area contributed by atoms with Crippen LogP contribution in [-0.2, 0) is 14.4 Å². The van der Waals surface area contributed by atoms with Gasteiger partial charge in [-0.3, -0.25) is 9.59 Å². The third-order valence-electron chi connectivity index (χ3n) is 2.57. The molecule has 100 valence electrons. The zero-order valence-electron chi connectivity index (χ0n) is 10.0. The van der Waals surface area contributed by atoms with E-state index >= 15 is 0 Å². The summed E-state index contributed by atoms with van der Waals surface area (Å²) in [5.41, 5.74) is 0.248. The summed E-state index contributed by atoms with van der Waals surface area (Å²) in [7, 11) is 1.52. The number of amides is 2. The van der Waals surface area contributed by atoms with E-state index in [1.165, 1.54) is 13.2 Å². The van der Waals surface area contributed by atoms with Gasteiger partial charge in [0.25, 0.3) is 11.8 Å². The molecule has 1 aromatic carbocycles. The lowest BCUT2D eigenvalue weighted by Crippen LogP contribution is -2.32. The van der Waals surface area contributed by atoms with E-state index in [-0.39, 0.29) is 18.4 Å². The van der Waals surface area contributed by atoms with Crippen LogP contribution in [0.2, 0.25) is 0 Å². The van der Waals surface area contributed by atoms with Crippen molar-refractivity contribution in [2.24, 2.45) is 0 Å². The molecule has 0 unspecified atom stereocenters. The summed E-state index contributed by atoms with van der Waals surface area (Å²) in [6.45, 7) is 0. The Balaban J connectivity index is 2.14. The Morgan fingerprint density at radius 1 is 1.26 bits per heavy atom. The van der Waals surface area contributed by atoms with Gasteiger partial charge in [0.15, 0.2) is 0 Å². The van der Waals surface area contributed by atoms with Crippen LogP contribution in [0.4, 0.5) is 0 Å². The lowest BCUT2D eigenvalue weighted by Gasteiger charge is -2.13. The van der Waals surface area contributed by atoms with Gasteiger partial charge >= 0.3 is 5.97 Å². The molecule has 1 aliphatic heterocycles. The first-order valence-electron chi connectivity index (χ1n) is 5.44. The first-order chi connectivity index (χ1) is 9.02. The van der Waals surface area contributed by atoms with Gasteiger partial charge in [-0.25, -0.2) is 4.79 Å². The SMILES string of the molecule is COc1ccc(C(=O)ON2C(=O)CCC2=O)cc1I. The molecule has 7 heteroatoms. The summed E-state index contributed by atoms with van der Waals surface area (Å²) in [6.07, 6.45) is 0.151. The first kappa shape index (κ1) is 13.8. The molecule has 0 aromatic heterocycles. The number of imide groups is 1. The molecule has 1 fully saturated rings. The number of methoxy groups -OCH3 is 1. The molecule has 1 aliphatic rings. The zero-order valence-corrected chi connectivity index (χ0v) is 12.2. The van der Waals surface area contributed by atoms with Crippen LogP contribution < -0.4 is 4.74 Å². The lowest BCUT2D eigenvalue weighted by molar-refractivity contribution is -0.172. The summed E-state index contributed by atoms with van der Waals surface area (Å²) in [4.78, 5) is 39.3. The van der Waals surface area contributed by atoms with Crippen molar-refractivity contribution in [1.82, 2.24) is 5.06 Å². The van der Waals surface area contributed by atoms with E-state index in [0.717, 1.165) is 3.57 Å². The van der Waals surface area contributed by atoms with Crippen LogP contribution >= 0.6 is 22.6 Å². The second-order valence-corrected chi connectivity index (χ2v) is 4.97. The number of halogens is 1. The smallest absolute Gasteiger partial charge is 0.363 e. The van der Waals surface area contributed by atoms with Crippen molar-refractivity contribution in [3.05, 3.63) is 27.3 Å². The van der Waals surface area contributed by atoms with Crippen LogP contribution in [0.3, 0.4) is 0 Å². The highest BCUT2D eigenvalue weighted by Crippen LogP contribution is 2.22. The number of hydrogen-bond donors (Lipinski definition) is 0. The third kappa shape index (κ3) is 2.86. The lowest BCUT2D eigenvalue weighted by atomic mass is 10.2. The highest BCUT2D eigenvalue weighted by molar-refractivity contribution is 14.1. The molecule has 0 bridgehead atoms. The largest absolute Gasteiger partial charge is 0.496 e. The minimum Gasteiger partial charge on any atom is -0.496 e. The number of benzene rings is 1. The predicted octanol–water partition coefficient (Wildman–Crippen LogP) is 1.52. The number of ether oxygens (including phenoxy) is 1. The minimum absolute atomic E-state index is 0.0757. The van der Waals surface area contributed by atoms with Gasteiger partial charge in [0.2, 0.25) is 0 Å². The van der Waals surface area contributed by atoms with Crippen molar-refractivity contribution in [2.75, 3.05) is 7.11 Å². The number of hydrogen-bond acceptors (Lipinski definition) is 5. The Kier molecular flexibility index (Phi) is 4.03. The molecule has 0 N–H and O–H groups in total. The number of carbonyl (C=O) groups excluding carboxylic acids is 3. The Labute approximate surface area is 122 Å². The normalized spacial score (nSPS) is 14.7. The average Bonchev–Trinajstić information content (AvgIpc) is 2.70. The molecule has 2 rings (SSSR count). The number of hydroxylamine groups is 2. The third-order valence-corrected chi connectivity index (χ3v) is 3.41. The molecule has 19 heavy (non-hydrogen) atoms. The van der Waals surface area contributed by atoms with Crippen LogP contribution in [0.1, 0.15) is 23.2 Å². The quantitative estimate of drug-likeness (QED) is 0.592. The Morgan fingerprint density at radius 3 is 2.42 bits per heavy atom. The van der Waals surface area contributed by atoms with Crippen molar-refractivity contribution in [2.45, 2.75) is 12.8 Å². The van der Waals surface area contributed by atoms with Gasteiger partial charge in [0.1, 0.15) is 5.75 Å². The summed E-state index contributed by atoms with van der Waals surface area (Å²) in [6, 6.07) is 4.69. The van der Waals surface area contributed by atoms with Crippen LogP contribution in [0, 0.1) is 3.57 Å². The molecule has 0 saturated carbocycles. The Bertz CT molecular complexity index is 541. The van der Waals surface area contributed by atoms with Gasteiger partial charge in [-0.1, -0.05) is 0 Å². The standard InChI is InChI=1S/C12H10INO5/c1-18-9-3-2-7(6-8(9)13)12(17)19-14-10(15)4-5-11(14)16/h2-3,6H,4-5H2,1H3. The van der Waals surface area contributed by atoms with Crippen LogP contribution in [0.15, 0.2) is 18.2 Å². The van der Waals surface area contributed by atoms with Crippen molar-refractivity contribution >= 4 is 40.4 Å². The maximum atomic E-state index is 11.8. The molecular formula is C12H10INO5. The summed E-state index contributed by atoms with van der Waals surface area (Å²) in [5.74, 6) is -1.11. The highest BCUT2D eigenvalue weighted by Gasteiger charge is 2.33. The van der Waals surface area contributed by atoms with Gasteiger partial charge in [-0.2, -0.15) is 0 Å². The second-order valence-electron chi connectivity index (χ2n) is 3.81. The van der Waals surface area contributed by atoms with E-state index in [1.807, 2.05) is 22.6 Å². The van der Waals surface area contributed by atoms with Crippen LogP contribution in [0.25, 0.3) is 0 Å². The van der Waals surface area contributed by atoms with Crippen molar-refractivity contribution in [1.29, 1.82) is 0 Å². The molecule has 1 heterocycles. The summed E-state index contributed by atoms with van der Waals surface area (Å²) < 4.78 is 5.80. The van der Waals surface area contributed by atoms with E-state index in [9.17, 15) is 14.4 Å². The van der Waals surface area contributed by atoms with Gasteiger partial charge in [0.05, 0.1) is 16.2 Å². The monoisotopic (exact) mass is 375 g/mol. The summed E-state index contributed by atoms with van der Waals surface area (Å²) >= 11 is 2.01. The molecule has 1 saturated heterocycles. The highest BCUT2D eigenvalue weighted by atomic mass is 127. The molecule has 0 spiro atoms. The van der Waals surface area contributed by atoms with E-state index < -0.39 is 17.8 Å². The maximum Gasteiger partial charge on any atom is 0.363 e. The van der Waals surface area contributed by atoms with Crippen LogP contribution in [-0.4, -0.2) is 30.0 Å². The van der Waals surface area contributed by atoms with Gasteiger partial charge in [0, 0.05) is 12.8 Å². The van der Waals surface area contributed by atoms with Gasteiger partial charge in [-0.05, 0) is 40.8 Å². The molecule has 6 nitrogen and oxygen atoms in total. The van der Waals surface area contributed by atoms with E-state index in [1.54, 1.807) is 12.1 Å². The Morgan fingerprint density at radius 2 is 1.89 bits per heavy atom. The van der Waals surface area contributed by atoms with E-state index in [4.69, 9.17) is 9.57 Å². The van der Waals surface area contributed by atoms with Gasteiger partial charge < -0.3 is 9.57 Å². The Hall–Kier alpha value is -1.64. The van der Waals surface area contributed by atoms with Crippen LogP contribution in [0.5, 0.6) is 5.75 Å². The predicted molar refractivity (Wildman–Crippen MR) is 72.2 cm³/mol. The number of carbonyl (C=O) groups is 3. The fourth-order valence-corrected chi connectivity index (χ4v) is 2.32. The van der Waals surface area contributed by atoms with Crippen molar-refractivity contribution in [3.8, 4) is 5.75 Å². The topological polar surface area (TPSA) is 72.9 Å². The fraction of sp³-hybridized carbons (Fsp3) is 0.250. The maximum absolute atomic E-state index is 11.8. The second kappa shape index (κ2) is 5.55. The molecular weight excluding hydrogens is 365 g/mol. The fourth-order valence-electron chi connectivity index (χ4n) is 1.59. The van der Waals surface area contributed by atoms with Crippen molar-refractivity contribution < 1.29 is 24.0 Å².